The molecule has 12 nitrogen and oxygen atoms in total. The highest BCUT2D eigenvalue weighted by Gasteiger charge is 2.80. The molecule has 304 valence electrons. The van der Waals surface area contributed by atoms with Gasteiger partial charge in [0.2, 0.25) is 5.60 Å². The van der Waals surface area contributed by atoms with Crippen LogP contribution < -0.4 is 15.0 Å². The van der Waals surface area contributed by atoms with E-state index in [4.69, 9.17) is 18.9 Å². The molecule has 3 fully saturated rings. The van der Waals surface area contributed by atoms with Crippen molar-refractivity contribution in [2.24, 2.45) is 11.3 Å². The molecule has 9 rings (SSSR count). The number of fused-ring (bicyclic) bond motifs is 6. The van der Waals surface area contributed by atoms with Crippen molar-refractivity contribution < 1.29 is 38.4 Å². The van der Waals surface area contributed by atoms with Gasteiger partial charge in [0.05, 0.1) is 33.4 Å². The van der Waals surface area contributed by atoms with Gasteiger partial charge in [-0.1, -0.05) is 55.8 Å². The molecule has 7 aliphatic rings. The van der Waals surface area contributed by atoms with Crippen molar-refractivity contribution in [2.45, 2.75) is 93.0 Å². The van der Waals surface area contributed by atoms with Crippen molar-refractivity contribution >= 4 is 29.3 Å². The van der Waals surface area contributed by atoms with Crippen molar-refractivity contribution in [1.82, 2.24) is 9.80 Å². The molecule has 12 heteroatoms. The molecule has 2 N–H and O–H groups in total. The fourth-order valence-electron chi connectivity index (χ4n) is 13.4. The molecule has 4 unspecified atom stereocenters. The van der Waals surface area contributed by atoms with Gasteiger partial charge in [-0.15, -0.1) is 0 Å². The van der Waals surface area contributed by atoms with Crippen LogP contribution in [0.1, 0.15) is 69.1 Å². The third-order valence-electron chi connectivity index (χ3n) is 15.2. The normalized spacial score (nSPS) is 38.2. The van der Waals surface area contributed by atoms with Crippen LogP contribution in [0.25, 0.3) is 0 Å². The fraction of sp³-hybridized carbons (Fsp3) is 0.578. The molecule has 1 spiro atoms. The molecule has 1 aliphatic carbocycles. The van der Waals surface area contributed by atoms with E-state index in [1.54, 1.807) is 7.11 Å². The van der Waals surface area contributed by atoms with Gasteiger partial charge in [-0.3, -0.25) is 19.4 Å². The van der Waals surface area contributed by atoms with Crippen molar-refractivity contribution in [2.75, 3.05) is 71.3 Å². The maximum atomic E-state index is 15.2. The summed E-state index contributed by atoms with van der Waals surface area (Å²) >= 11 is 0. The van der Waals surface area contributed by atoms with Crippen LogP contribution in [-0.2, 0) is 39.4 Å². The van der Waals surface area contributed by atoms with E-state index in [9.17, 15) is 14.7 Å². The largest absolute Gasteiger partial charge is 0.496 e. The molecule has 11 atom stereocenters. The summed E-state index contributed by atoms with van der Waals surface area (Å²) in [4.78, 5) is 49.5. The van der Waals surface area contributed by atoms with Crippen LogP contribution >= 0.6 is 0 Å². The van der Waals surface area contributed by atoms with Crippen molar-refractivity contribution in [3.63, 3.8) is 0 Å². The topological polar surface area (TPSA) is 130 Å². The second-order valence-electron chi connectivity index (χ2n) is 17.6. The van der Waals surface area contributed by atoms with Crippen LogP contribution in [0, 0.1) is 11.3 Å². The van der Waals surface area contributed by atoms with Crippen molar-refractivity contribution in [1.29, 1.82) is 0 Å². The first kappa shape index (κ1) is 38.1. The molecule has 57 heavy (non-hydrogen) atoms. The predicted octanol–water partition coefficient (Wildman–Crippen LogP) is 4.30. The third-order valence-corrected chi connectivity index (χ3v) is 15.2. The van der Waals surface area contributed by atoms with Crippen LogP contribution in [0.5, 0.6) is 5.75 Å². The molecule has 1 saturated carbocycles. The van der Waals surface area contributed by atoms with Gasteiger partial charge in [-0.05, 0) is 61.4 Å². The number of esters is 3. The Balaban J connectivity index is 1.33. The van der Waals surface area contributed by atoms with Crippen molar-refractivity contribution in [3.8, 4) is 5.75 Å². The van der Waals surface area contributed by atoms with E-state index in [1.807, 2.05) is 31.0 Å². The number of anilines is 2. The Labute approximate surface area is 335 Å². The van der Waals surface area contributed by atoms with Gasteiger partial charge in [0.1, 0.15) is 11.2 Å². The summed E-state index contributed by atoms with van der Waals surface area (Å²) < 4.78 is 24.0. The zero-order valence-corrected chi connectivity index (χ0v) is 34.2. The van der Waals surface area contributed by atoms with Crippen LogP contribution in [0.15, 0.2) is 60.2 Å². The molecule has 0 aromatic heterocycles. The number of nitrogens with zero attached hydrogens (tertiary/aromatic N) is 3. The Morgan fingerprint density at radius 1 is 1.00 bits per heavy atom. The minimum absolute atomic E-state index is 0.0363. The molecule has 2 bridgehead atoms. The molecule has 2 aromatic carbocycles. The summed E-state index contributed by atoms with van der Waals surface area (Å²) in [6, 6.07) is 11.0. The third kappa shape index (κ3) is 4.86. The first-order valence-electron chi connectivity index (χ1n) is 20.6. The number of rotatable bonds is 7. The number of nitrogens with one attached hydrogen (secondary N) is 1. The summed E-state index contributed by atoms with van der Waals surface area (Å²) in [5.41, 5.74) is 0.733. The summed E-state index contributed by atoms with van der Waals surface area (Å²) in [7, 11) is 6.28. The highest BCUT2D eigenvalue weighted by atomic mass is 16.6. The lowest BCUT2D eigenvalue weighted by atomic mass is 9.47. The Hall–Kier alpha value is -4.39. The van der Waals surface area contributed by atoms with Gasteiger partial charge in [0, 0.05) is 85.9 Å². The van der Waals surface area contributed by atoms with Crippen LogP contribution in [0.3, 0.4) is 0 Å². The Morgan fingerprint density at radius 3 is 2.47 bits per heavy atom. The quantitative estimate of drug-likeness (QED) is 0.236. The molecule has 2 saturated heterocycles. The first-order chi connectivity index (χ1) is 27.4. The first-order valence-corrected chi connectivity index (χ1v) is 20.6. The number of para-hydroxylation sites is 1. The lowest BCUT2D eigenvalue weighted by molar-refractivity contribution is -0.228. The van der Waals surface area contributed by atoms with E-state index in [0.29, 0.717) is 38.1 Å². The average molecular weight is 781 g/mol. The molecule has 6 aliphatic heterocycles. The number of likely N-dealkylation sites (N-methyl/N-ethyl adjacent to an activating group) is 1. The van der Waals surface area contributed by atoms with Gasteiger partial charge in [0.15, 0.2) is 6.10 Å². The molecule has 0 amide bonds. The second-order valence-corrected chi connectivity index (χ2v) is 17.6. The number of hydrogen-bond donors (Lipinski definition) is 2. The minimum atomic E-state index is -2.27. The number of methoxy groups -OCH3 is 3. The number of carbonyl (C=O) groups is 3. The fourth-order valence-corrected chi connectivity index (χ4v) is 13.4. The monoisotopic (exact) mass is 780 g/mol. The lowest BCUT2D eigenvalue weighted by Crippen LogP contribution is -2.81. The maximum absolute atomic E-state index is 15.2. The van der Waals surface area contributed by atoms with E-state index < -0.39 is 45.9 Å². The predicted molar refractivity (Wildman–Crippen MR) is 214 cm³/mol. The summed E-state index contributed by atoms with van der Waals surface area (Å²) in [5.74, 6) is -1.21. The average Bonchev–Trinajstić information content (AvgIpc) is 3.87. The van der Waals surface area contributed by atoms with Crippen molar-refractivity contribution in [3.05, 3.63) is 76.9 Å². The van der Waals surface area contributed by atoms with E-state index >= 15 is 4.79 Å². The van der Waals surface area contributed by atoms with Gasteiger partial charge < -0.3 is 34.3 Å². The van der Waals surface area contributed by atoms with E-state index in [1.165, 1.54) is 32.3 Å². The van der Waals surface area contributed by atoms with E-state index in [0.717, 1.165) is 48.6 Å². The summed E-state index contributed by atoms with van der Waals surface area (Å²) in [6.45, 7) is 9.42. The molecule has 0 radical (unpaired) electrons. The highest BCUT2D eigenvalue weighted by Crippen LogP contribution is 2.68. The Morgan fingerprint density at radius 2 is 1.77 bits per heavy atom. The molecular formula is C45H56N4O8. The smallest absolute Gasteiger partial charge is 0.344 e. The molecule has 2 aromatic rings. The maximum Gasteiger partial charge on any atom is 0.344 e. The second kappa shape index (κ2) is 13.3. The number of carbonyl (C=O) groups excluding carboxylic acids is 3. The number of ether oxygens (including phenoxy) is 4. The number of aliphatic hydroxyl groups is 1. The van der Waals surface area contributed by atoms with Gasteiger partial charge >= 0.3 is 17.9 Å². The highest BCUT2D eigenvalue weighted by molar-refractivity contribution is 5.90. The Bertz CT molecular complexity index is 2090. The van der Waals surface area contributed by atoms with Crippen LogP contribution in [-0.4, -0.2) is 124 Å². The zero-order valence-electron chi connectivity index (χ0n) is 34.2. The summed E-state index contributed by atoms with van der Waals surface area (Å²) in [6.07, 6.45) is 7.81. The van der Waals surface area contributed by atoms with E-state index in [-0.39, 0.29) is 29.9 Å². The van der Waals surface area contributed by atoms with Crippen LogP contribution in [0.4, 0.5) is 11.4 Å². The number of benzene rings is 2. The molecule has 6 heterocycles. The van der Waals surface area contributed by atoms with E-state index in [2.05, 4.69) is 64.5 Å². The molecular weight excluding hydrogens is 725 g/mol. The summed E-state index contributed by atoms with van der Waals surface area (Å²) in [5, 5.41) is 17.2. The standard InChI is InChI=1S/C45H56N4O8/c1-8-27-19-28-22-44(40(51)55-6,36-30(25-48(23-27)24-28)29-13-10-11-14-33(29)46-36)32-20-31-34(21-35(32)54-5)47(4)38-43(31)16-18-49-17-12-15-42(9-2,37(43)49)39(57-26(3)50)45(38,53)41(52)56-7/h10-15,19-21,28,30,36-39,46,53H,8-9,16-18,22-25H2,1-7H3/t28-,30?,36?,37+,38-,39-,42-,43?,44+,45+/m1/s1. The van der Waals surface area contributed by atoms with Crippen LogP contribution in [0.2, 0.25) is 0 Å². The number of hydrogen-bond acceptors (Lipinski definition) is 12. The van der Waals surface area contributed by atoms with Gasteiger partial charge in [-0.2, -0.15) is 0 Å². The SMILES string of the molecule is CCC1=C[C@H]2CN(C1)CC1c3ccccc3NC1[C@@](C(=O)OC)(c1cc3c(cc1OC)N(C)[C@@H]1C34CCN3CC=C[C@](CC)([C@H]34)[C@@H](OC(C)=O)[C@]1(O)C(=O)OC)C2. The Kier molecular flexibility index (Phi) is 8.92. The lowest BCUT2D eigenvalue weighted by Gasteiger charge is -2.63. The minimum Gasteiger partial charge on any atom is -0.496 e. The zero-order chi connectivity index (χ0) is 40.2. The van der Waals surface area contributed by atoms with Gasteiger partial charge in [0.25, 0.3) is 0 Å². The van der Waals surface area contributed by atoms with Gasteiger partial charge in [-0.25, -0.2) is 4.79 Å².